The molecular weight excluding hydrogens is 231 g/mol. The van der Waals surface area contributed by atoms with E-state index in [0.29, 0.717) is 0 Å². The molecule has 0 amide bonds. The monoisotopic (exact) mass is 248 g/mol. The van der Waals surface area contributed by atoms with Gasteiger partial charge in [0.05, 0.1) is 5.69 Å². The molecule has 0 bridgehead atoms. The van der Waals surface area contributed by atoms with E-state index in [4.69, 9.17) is 5.84 Å². The van der Waals surface area contributed by atoms with Gasteiger partial charge in [-0.05, 0) is 30.2 Å². The number of hydrogen-bond donors (Lipinski definition) is 2. The standard InChI is InChI=1S/C13H17FN4/c1-18-7-6-12(17-18)9-13(16-15)8-10-2-4-11(14)5-3-10/h2-7,13,16H,8-9,15H2,1H3. The Hall–Kier alpha value is -1.72. The van der Waals surface area contributed by atoms with Crippen LogP contribution < -0.4 is 11.3 Å². The van der Waals surface area contributed by atoms with Crippen molar-refractivity contribution in [2.24, 2.45) is 12.9 Å². The minimum atomic E-state index is -0.222. The Kier molecular flexibility index (Phi) is 4.07. The molecule has 0 aliphatic carbocycles. The molecule has 2 aromatic rings. The van der Waals surface area contributed by atoms with Gasteiger partial charge in [0.1, 0.15) is 5.82 Å². The van der Waals surface area contributed by atoms with Crippen LogP contribution in [0.25, 0.3) is 0 Å². The fraction of sp³-hybridized carbons (Fsp3) is 0.308. The Morgan fingerprint density at radius 2 is 2.00 bits per heavy atom. The Morgan fingerprint density at radius 1 is 1.28 bits per heavy atom. The maximum atomic E-state index is 12.8. The number of aromatic nitrogens is 2. The molecule has 0 aliphatic rings. The molecule has 0 aliphatic heterocycles. The zero-order valence-corrected chi connectivity index (χ0v) is 10.3. The number of halogens is 1. The molecule has 3 N–H and O–H groups in total. The topological polar surface area (TPSA) is 55.9 Å². The minimum Gasteiger partial charge on any atom is -0.276 e. The smallest absolute Gasteiger partial charge is 0.123 e. The SMILES string of the molecule is Cn1ccc(CC(Cc2ccc(F)cc2)NN)n1. The summed E-state index contributed by atoms with van der Waals surface area (Å²) < 4.78 is 14.6. The summed E-state index contributed by atoms with van der Waals surface area (Å²) in [6.07, 6.45) is 3.39. The molecule has 1 atom stereocenters. The van der Waals surface area contributed by atoms with Crippen LogP contribution in [-0.2, 0) is 19.9 Å². The van der Waals surface area contributed by atoms with Gasteiger partial charge in [0.25, 0.3) is 0 Å². The van der Waals surface area contributed by atoms with Crippen LogP contribution in [-0.4, -0.2) is 15.8 Å². The van der Waals surface area contributed by atoms with Crippen molar-refractivity contribution in [2.75, 3.05) is 0 Å². The van der Waals surface area contributed by atoms with E-state index < -0.39 is 0 Å². The summed E-state index contributed by atoms with van der Waals surface area (Å²) in [6, 6.07) is 8.53. The van der Waals surface area contributed by atoms with Gasteiger partial charge in [-0.3, -0.25) is 16.0 Å². The number of nitrogens with two attached hydrogens (primary N) is 1. The Labute approximate surface area is 106 Å². The van der Waals surface area contributed by atoms with Crippen molar-refractivity contribution in [2.45, 2.75) is 18.9 Å². The maximum Gasteiger partial charge on any atom is 0.123 e. The van der Waals surface area contributed by atoms with Gasteiger partial charge in [-0.1, -0.05) is 12.1 Å². The van der Waals surface area contributed by atoms with E-state index in [9.17, 15) is 4.39 Å². The van der Waals surface area contributed by atoms with Crippen molar-refractivity contribution >= 4 is 0 Å². The molecule has 5 heteroatoms. The van der Waals surface area contributed by atoms with Gasteiger partial charge in [0, 0.05) is 25.7 Å². The first-order valence-corrected chi connectivity index (χ1v) is 5.86. The average Bonchev–Trinajstić information content (AvgIpc) is 2.77. The van der Waals surface area contributed by atoms with Crippen molar-refractivity contribution in [3.8, 4) is 0 Å². The summed E-state index contributed by atoms with van der Waals surface area (Å²) >= 11 is 0. The van der Waals surface area contributed by atoms with Crippen LogP contribution in [0.4, 0.5) is 4.39 Å². The highest BCUT2D eigenvalue weighted by Gasteiger charge is 2.10. The summed E-state index contributed by atoms with van der Waals surface area (Å²) in [6.45, 7) is 0. The van der Waals surface area contributed by atoms with E-state index in [1.54, 1.807) is 16.8 Å². The molecule has 0 fully saturated rings. The van der Waals surface area contributed by atoms with Gasteiger partial charge in [-0.25, -0.2) is 4.39 Å². The third-order valence-corrected chi connectivity index (χ3v) is 2.86. The zero-order chi connectivity index (χ0) is 13.0. The molecule has 1 aromatic heterocycles. The van der Waals surface area contributed by atoms with Crippen LogP contribution in [0.1, 0.15) is 11.3 Å². The summed E-state index contributed by atoms with van der Waals surface area (Å²) in [5, 5.41) is 4.32. The lowest BCUT2D eigenvalue weighted by atomic mass is 10.0. The molecule has 2 rings (SSSR count). The van der Waals surface area contributed by atoms with Crippen LogP contribution in [0.3, 0.4) is 0 Å². The maximum absolute atomic E-state index is 12.8. The highest BCUT2D eigenvalue weighted by Crippen LogP contribution is 2.08. The highest BCUT2D eigenvalue weighted by atomic mass is 19.1. The third-order valence-electron chi connectivity index (χ3n) is 2.86. The highest BCUT2D eigenvalue weighted by molar-refractivity contribution is 5.17. The Bertz CT molecular complexity index is 492. The van der Waals surface area contributed by atoms with Crippen LogP contribution in [0.5, 0.6) is 0 Å². The van der Waals surface area contributed by atoms with Crippen LogP contribution in [0.2, 0.25) is 0 Å². The molecule has 0 saturated carbocycles. The largest absolute Gasteiger partial charge is 0.276 e. The van der Waals surface area contributed by atoms with E-state index in [2.05, 4.69) is 10.5 Å². The summed E-state index contributed by atoms with van der Waals surface area (Å²) in [5.74, 6) is 5.32. The molecule has 1 heterocycles. The van der Waals surface area contributed by atoms with Gasteiger partial charge in [-0.15, -0.1) is 0 Å². The average molecular weight is 248 g/mol. The van der Waals surface area contributed by atoms with Gasteiger partial charge in [0.2, 0.25) is 0 Å². The molecule has 18 heavy (non-hydrogen) atoms. The molecule has 1 aromatic carbocycles. The number of hydrazine groups is 1. The van der Waals surface area contributed by atoms with Gasteiger partial charge in [-0.2, -0.15) is 5.10 Å². The number of benzene rings is 1. The Morgan fingerprint density at radius 3 is 2.56 bits per heavy atom. The second kappa shape index (κ2) is 5.75. The second-order valence-corrected chi connectivity index (χ2v) is 4.38. The number of rotatable bonds is 5. The summed E-state index contributed by atoms with van der Waals surface area (Å²) in [4.78, 5) is 0. The van der Waals surface area contributed by atoms with Crippen LogP contribution >= 0.6 is 0 Å². The first kappa shape index (κ1) is 12.7. The number of nitrogens with zero attached hydrogens (tertiary/aromatic N) is 2. The first-order chi connectivity index (χ1) is 8.67. The van der Waals surface area contributed by atoms with E-state index in [0.717, 1.165) is 24.1 Å². The summed E-state index contributed by atoms with van der Waals surface area (Å²) in [7, 11) is 1.88. The quantitative estimate of drug-likeness (QED) is 0.617. The predicted molar refractivity (Wildman–Crippen MR) is 68.1 cm³/mol. The van der Waals surface area contributed by atoms with Crippen molar-refractivity contribution in [1.29, 1.82) is 0 Å². The number of hydrogen-bond acceptors (Lipinski definition) is 3. The summed E-state index contributed by atoms with van der Waals surface area (Å²) in [5.41, 5.74) is 4.82. The number of aryl methyl sites for hydroxylation is 1. The lowest BCUT2D eigenvalue weighted by Crippen LogP contribution is -2.38. The van der Waals surface area contributed by atoms with Crippen molar-refractivity contribution in [3.63, 3.8) is 0 Å². The third kappa shape index (κ3) is 3.38. The molecule has 1 unspecified atom stereocenters. The molecule has 0 saturated heterocycles. The first-order valence-electron chi connectivity index (χ1n) is 5.86. The van der Waals surface area contributed by atoms with Gasteiger partial charge >= 0.3 is 0 Å². The second-order valence-electron chi connectivity index (χ2n) is 4.38. The fourth-order valence-electron chi connectivity index (χ4n) is 1.92. The fourth-order valence-corrected chi connectivity index (χ4v) is 1.92. The molecular formula is C13H17FN4. The molecule has 0 radical (unpaired) electrons. The molecule has 0 spiro atoms. The van der Waals surface area contributed by atoms with E-state index in [-0.39, 0.29) is 11.9 Å². The van der Waals surface area contributed by atoms with Crippen LogP contribution in [0, 0.1) is 5.82 Å². The van der Waals surface area contributed by atoms with Crippen molar-refractivity contribution in [3.05, 3.63) is 53.6 Å². The van der Waals surface area contributed by atoms with Gasteiger partial charge in [0.15, 0.2) is 0 Å². The van der Waals surface area contributed by atoms with Gasteiger partial charge < -0.3 is 0 Å². The van der Waals surface area contributed by atoms with Crippen molar-refractivity contribution in [1.82, 2.24) is 15.2 Å². The minimum absolute atomic E-state index is 0.0883. The Balaban J connectivity index is 1.99. The lowest BCUT2D eigenvalue weighted by molar-refractivity contribution is 0.513. The van der Waals surface area contributed by atoms with Crippen LogP contribution in [0.15, 0.2) is 36.5 Å². The molecule has 4 nitrogen and oxygen atoms in total. The van der Waals surface area contributed by atoms with E-state index in [1.807, 2.05) is 19.3 Å². The van der Waals surface area contributed by atoms with Crippen molar-refractivity contribution < 1.29 is 4.39 Å². The zero-order valence-electron chi connectivity index (χ0n) is 10.3. The normalized spacial score (nSPS) is 12.6. The number of nitrogens with one attached hydrogen (secondary N) is 1. The lowest BCUT2D eigenvalue weighted by Gasteiger charge is -2.14. The predicted octanol–water partition coefficient (Wildman–Crippen LogP) is 1.18. The van der Waals surface area contributed by atoms with E-state index >= 15 is 0 Å². The molecule has 96 valence electrons. The van der Waals surface area contributed by atoms with E-state index in [1.165, 1.54) is 12.1 Å².